The molecule has 0 saturated heterocycles. The normalized spacial score (nSPS) is 10.7. The monoisotopic (exact) mass is 251 g/mol. The third-order valence-corrected chi connectivity index (χ3v) is 2.77. The number of pyridine rings is 1. The zero-order valence-corrected chi connectivity index (χ0v) is 11.5. The molecule has 1 amide bonds. The van der Waals surface area contributed by atoms with Gasteiger partial charge in [0.25, 0.3) is 0 Å². The Balaban J connectivity index is 2.73. The van der Waals surface area contributed by atoms with E-state index in [9.17, 15) is 9.90 Å². The first-order valence-electron chi connectivity index (χ1n) is 6.02. The molecule has 0 saturated carbocycles. The smallest absolute Gasteiger partial charge is 0.236 e. The van der Waals surface area contributed by atoms with Crippen molar-refractivity contribution in [3.8, 4) is 5.75 Å². The minimum atomic E-state index is 0.0454. The number of carbonyl (C=O) groups excluding carboxylic acids is 1. The molecule has 5 nitrogen and oxygen atoms in total. The van der Waals surface area contributed by atoms with Crippen molar-refractivity contribution in [2.75, 3.05) is 27.2 Å². The molecule has 1 N–H and O–H groups in total. The van der Waals surface area contributed by atoms with Crippen molar-refractivity contribution in [1.29, 1.82) is 0 Å². The van der Waals surface area contributed by atoms with E-state index in [2.05, 4.69) is 4.98 Å². The van der Waals surface area contributed by atoms with Crippen LogP contribution in [0.4, 0.5) is 0 Å². The Labute approximate surface area is 108 Å². The summed E-state index contributed by atoms with van der Waals surface area (Å²) in [5.74, 6) is 0.223. The van der Waals surface area contributed by atoms with E-state index in [0.29, 0.717) is 18.8 Å². The van der Waals surface area contributed by atoms with Gasteiger partial charge in [-0.15, -0.1) is 0 Å². The highest BCUT2D eigenvalue weighted by Gasteiger charge is 2.13. The van der Waals surface area contributed by atoms with Crippen LogP contribution in [0.3, 0.4) is 0 Å². The van der Waals surface area contributed by atoms with Crippen molar-refractivity contribution in [3.63, 3.8) is 0 Å². The number of aromatic hydroxyl groups is 1. The largest absolute Gasteiger partial charge is 0.506 e. The lowest BCUT2D eigenvalue weighted by molar-refractivity contribution is -0.130. The van der Waals surface area contributed by atoms with Gasteiger partial charge in [-0.3, -0.25) is 14.7 Å². The number of rotatable bonds is 5. The summed E-state index contributed by atoms with van der Waals surface area (Å²) in [5, 5.41) is 9.74. The SMILES string of the molecule is CCN(CC(=O)N(C)C)Cc1nc(C)ccc1O. The fourth-order valence-corrected chi connectivity index (χ4v) is 1.54. The zero-order chi connectivity index (χ0) is 13.7. The van der Waals surface area contributed by atoms with Gasteiger partial charge in [-0.25, -0.2) is 0 Å². The number of hydrogen-bond acceptors (Lipinski definition) is 4. The number of aryl methyl sites for hydroxylation is 1. The Morgan fingerprint density at radius 1 is 1.39 bits per heavy atom. The van der Waals surface area contributed by atoms with Crippen molar-refractivity contribution >= 4 is 5.91 Å². The van der Waals surface area contributed by atoms with Crippen LogP contribution >= 0.6 is 0 Å². The van der Waals surface area contributed by atoms with Crippen LogP contribution in [0.25, 0.3) is 0 Å². The molecule has 1 rings (SSSR count). The van der Waals surface area contributed by atoms with E-state index in [0.717, 1.165) is 12.2 Å². The lowest BCUT2D eigenvalue weighted by Crippen LogP contribution is -2.36. The van der Waals surface area contributed by atoms with E-state index in [1.54, 1.807) is 31.1 Å². The van der Waals surface area contributed by atoms with E-state index in [4.69, 9.17) is 0 Å². The standard InChI is InChI=1S/C13H21N3O2/c1-5-16(9-13(18)15(3)4)8-11-12(17)7-6-10(2)14-11/h6-7,17H,5,8-9H2,1-4H3. The van der Waals surface area contributed by atoms with E-state index >= 15 is 0 Å². The molecular formula is C13H21N3O2. The molecule has 0 aliphatic carbocycles. The summed E-state index contributed by atoms with van der Waals surface area (Å²) in [5.41, 5.74) is 1.47. The molecule has 0 fully saturated rings. The Bertz CT molecular complexity index is 419. The Hall–Kier alpha value is -1.62. The van der Waals surface area contributed by atoms with Crippen LogP contribution in [-0.4, -0.2) is 53.0 Å². The maximum absolute atomic E-state index is 11.7. The first kappa shape index (κ1) is 14.4. The summed E-state index contributed by atoms with van der Waals surface area (Å²) >= 11 is 0. The van der Waals surface area contributed by atoms with Gasteiger partial charge in [0.05, 0.1) is 12.2 Å². The van der Waals surface area contributed by atoms with Gasteiger partial charge >= 0.3 is 0 Å². The molecule has 1 heterocycles. The van der Waals surface area contributed by atoms with Crippen molar-refractivity contribution in [1.82, 2.24) is 14.8 Å². The quantitative estimate of drug-likeness (QED) is 0.848. The number of carbonyl (C=O) groups is 1. The fourth-order valence-electron chi connectivity index (χ4n) is 1.54. The molecule has 18 heavy (non-hydrogen) atoms. The summed E-state index contributed by atoms with van der Waals surface area (Å²) in [7, 11) is 3.47. The summed E-state index contributed by atoms with van der Waals surface area (Å²) in [4.78, 5) is 19.5. The second kappa shape index (κ2) is 6.35. The minimum absolute atomic E-state index is 0.0454. The average molecular weight is 251 g/mol. The van der Waals surface area contributed by atoms with Crippen LogP contribution in [0.1, 0.15) is 18.3 Å². The predicted octanol–water partition coefficient (Wildman–Crippen LogP) is 1.01. The molecule has 0 aromatic carbocycles. The van der Waals surface area contributed by atoms with Gasteiger partial charge in [0, 0.05) is 26.3 Å². The van der Waals surface area contributed by atoms with Crippen molar-refractivity contribution in [2.45, 2.75) is 20.4 Å². The highest BCUT2D eigenvalue weighted by atomic mass is 16.3. The molecule has 0 aliphatic heterocycles. The molecular weight excluding hydrogens is 230 g/mol. The van der Waals surface area contributed by atoms with Gasteiger partial charge in [-0.05, 0) is 25.6 Å². The maximum atomic E-state index is 11.7. The van der Waals surface area contributed by atoms with Gasteiger partial charge in [0.2, 0.25) is 5.91 Å². The lowest BCUT2D eigenvalue weighted by atomic mass is 10.2. The van der Waals surface area contributed by atoms with Crippen molar-refractivity contribution in [3.05, 3.63) is 23.5 Å². The van der Waals surface area contributed by atoms with Crippen LogP contribution in [0, 0.1) is 6.92 Å². The summed E-state index contributed by atoms with van der Waals surface area (Å²) in [6.07, 6.45) is 0. The first-order valence-corrected chi connectivity index (χ1v) is 6.02. The lowest BCUT2D eigenvalue weighted by Gasteiger charge is -2.21. The molecule has 1 aromatic heterocycles. The van der Waals surface area contributed by atoms with Gasteiger partial charge in [0.15, 0.2) is 0 Å². The van der Waals surface area contributed by atoms with Crippen LogP contribution in [0.15, 0.2) is 12.1 Å². The molecule has 0 unspecified atom stereocenters. The van der Waals surface area contributed by atoms with Crippen molar-refractivity contribution in [2.24, 2.45) is 0 Å². The molecule has 1 aromatic rings. The van der Waals surface area contributed by atoms with E-state index in [1.807, 2.05) is 18.7 Å². The molecule has 0 radical (unpaired) electrons. The maximum Gasteiger partial charge on any atom is 0.236 e. The van der Waals surface area contributed by atoms with Gasteiger partial charge in [-0.2, -0.15) is 0 Å². The van der Waals surface area contributed by atoms with Gasteiger partial charge in [0.1, 0.15) is 5.75 Å². The zero-order valence-electron chi connectivity index (χ0n) is 11.5. The highest BCUT2D eigenvalue weighted by Crippen LogP contribution is 2.16. The number of hydrogen-bond donors (Lipinski definition) is 1. The van der Waals surface area contributed by atoms with Crippen LogP contribution in [0.5, 0.6) is 5.75 Å². The van der Waals surface area contributed by atoms with Gasteiger partial charge < -0.3 is 10.0 Å². The minimum Gasteiger partial charge on any atom is -0.506 e. The Kier molecular flexibility index (Phi) is 5.09. The second-order valence-electron chi connectivity index (χ2n) is 4.51. The number of amides is 1. The molecule has 5 heteroatoms. The summed E-state index contributed by atoms with van der Waals surface area (Å²) in [6.45, 7) is 5.40. The molecule has 0 aliphatic rings. The van der Waals surface area contributed by atoms with E-state index < -0.39 is 0 Å². The number of likely N-dealkylation sites (N-methyl/N-ethyl adjacent to an activating group) is 2. The van der Waals surface area contributed by atoms with E-state index in [1.165, 1.54) is 0 Å². The van der Waals surface area contributed by atoms with Gasteiger partial charge in [-0.1, -0.05) is 6.92 Å². The Morgan fingerprint density at radius 2 is 2.06 bits per heavy atom. The van der Waals surface area contributed by atoms with E-state index in [-0.39, 0.29) is 11.7 Å². The predicted molar refractivity (Wildman–Crippen MR) is 70.3 cm³/mol. The second-order valence-corrected chi connectivity index (χ2v) is 4.51. The fraction of sp³-hybridized carbons (Fsp3) is 0.538. The van der Waals surface area contributed by atoms with Crippen LogP contribution < -0.4 is 0 Å². The number of nitrogens with zero attached hydrogens (tertiary/aromatic N) is 3. The van der Waals surface area contributed by atoms with Crippen LogP contribution in [0.2, 0.25) is 0 Å². The third kappa shape index (κ3) is 4.00. The summed E-state index contributed by atoms with van der Waals surface area (Å²) < 4.78 is 0. The summed E-state index contributed by atoms with van der Waals surface area (Å²) in [6, 6.07) is 3.40. The Morgan fingerprint density at radius 3 is 2.61 bits per heavy atom. The molecule has 0 atom stereocenters. The molecule has 0 bridgehead atoms. The topological polar surface area (TPSA) is 56.7 Å². The van der Waals surface area contributed by atoms with Crippen molar-refractivity contribution < 1.29 is 9.90 Å². The third-order valence-electron chi connectivity index (χ3n) is 2.77. The molecule has 0 spiro atoms. The number of aromatic nitrogens is 1. The average Bonchev–Trinajstić information content (AvgIpc) is 2.32. The highest BCUT2D eigenvalue weighted by molar-refractivity contribution is 5.77. The first-order chi connectivity index (χ1) is 8.43. The molecule has 100 valence electrons. The van der Waals surface area contributed by atoms with Crippen LogP contribution in [-0.2, 0) is 11.3 Å².